The summed E-state index contributed by atoms with van der Waals surface area (Å²) in [6.45, 7) is 4.60. The van der Waals surface area contributed by atoms with Crippen molar-refractivity contribution in [1.82, 2.24) is 4.31 Å². The van der Waals surface area contributed by atoms with Crippen molar-refractivity contribution in [2.75, 3.05) is 52.5 Å². The van der Waals surface area contributed by atoms with Crippen LogP contribution in [-0.4, -0.2) is 82.6 Å². The summed E-state index contributed by atoms with van der Waals surface area (Å²) in [4.78, 5) is 1.64. The highest BCUT2D eigenvalue weighted by molar-refractivity contribution is 7.89. The smallest absolute Gasteiger partial charge is 0.243 e. The van der Waals surface area contributed by atoms with Gasteiger partial charge >= 0.3 is 0 Å². The van der Waals surface area contributed by atoms with Gasteiger partial charge in [-0.15, -0.1) is 0 Å². The van der Waals surface area contributed by atoms with E-state index in [4.69, 9.17) is 9.47 Å². The van der Waals surface area contributed by atoms with E-state index in [-0.39, 0.29) is 6.10 Å². The van der Waals surface area contributed by atoms with Crippen molar-refractivity contribution in [3.63, 3.8) is 0 Å². The number of aliphatic hydroxyl groups is 1. The zero-order valence-corrected chi connectivity index (χ0v) is 17.8. The first-order chi connectivity index (χ1) is 14.0. The minimum Gasteiger partial charge on any atom is -0.385 e. The number of rotatable bonds is 8. The Labute approximate surface area is 173 Å². The Morgan fingerprint density at radius 3 is 2.76 bits per heavy atom. The maximum Gasteiger partial charge on any atom is 0.243 e. The van der Waals surface area contributed by atoms with Gasteiger partial charge in [0.2, 0.25) is 10.0 Å². The van der Waals surface area contributed by atoms with Crippen molar-refractivity contribution in [3.05, 3.63) is 29.3 Å². The van der Waals surface area contributed by atoms with Gasteiger partial charge in [0.1, 0.15) is 12.6 Å². The lowest BCUT2D eigenvalue weighted by Crippen LogP contribution is -3.15. The van der Waals surface area contributed by atoms with Crippen molar-refractivity contribution < 1.29 is 27.9 Å². The van der Waals surface area contributed by atoms with Crippen LogP contribution in [0.25, 0.3) is 0 Å². The van der Waals surface area contributed by atoms with Gasteiger partial charge in [-0.05, 0) is 55.4 Å². The fourth-order valence-electron chi connectivity index (χ4n) is 4.61. The summed E-state index contributed by atoms with van der Waals surface area (Å²) in [5.41, 5.74) is 2.47. The van der Waals surface area contributed by atoms with Crippen molar-refractivity contribution in [2.24, 2.45) is 0 Å². The first kappa shape index (κ1) is 21.2. The van der Waals surface area contributed by atoms with Crippen LogP contribution in [0.2, 0.25) is 0 Å². The van der Waals surface area contributed by atoms with Gasteiger partial charge in [-0.1, -0.05) is 6.07 Å². The number of quaternary nitrogens is 1. The Bertz CT molecular complexity index is 786. The van der Waals surface area contributed by atoms with E-state index >= 15 is 0 Å². The van der Waals surface area contributed by atoms with Crippen LogP contribution < -0.4 is 4.90 Å². The van der Waals surface area contributed by atoms with Crippen molar-refractivity contribution in [3.8, 4) is 0 Å². The van der Waals surface area contributed by atoms with Gasteiger partial charge in [-0.3, -0.25) is 0 Å². The molecule has 0 aromatic heterocycles. The van der Waals surface area contributed by atoms with E-state index in [1.165, 1.54) is 16.0 Å². The number of sulfonamides is 1. The lowest BCUT2D eigenvalue weighted by Gasteiger charge is -2.32. The zero-order chi connectivity index (χ0) is 20.3. The average molecular weight is 426 g/mol. The first-order valence-electron chi connectivity index (χ1n) is 10.9. The quantitative estimate of drug-likeness (QED) is 0.594. The Balaban J connectivity index is 1.23. The maximum atomic E-state index is 13.0. The van der Waals surface area contributed by atoms with E-state index in [0.29, 0.717) is 50.8 Å². The summed E-state index contributed by atoms with van der Waals surface area (Å²) >= 11 is 0. The highest BCUT2D eigenvalue weighted by Gasteiger charge is 2.32. The molecule has 2 heterocycles. The zero-order valence-electron chi connectivity index (χ0n) is 17.0. The van der Waals surface area contributed by atoms with Gasteiger partial charge in [0, 0.05) is 6.61 Å². The van der Waals surface area contributed by atoms with Gasteiger partial charge in [0.25, 0.3) is 0 Å². The molecule has 0 bridgehead atoms. The van der Waals surface area contributed by atoms with Gasteiger partial charge in [0.15, 0.2) is 0 Å². The summed E-state index contributed by atoms with van der Waals surface area (Å²) in [6.07, 6.45) is 4.89. The highest BCUT2D eigenvalue weighted by atomic mass is 32.2. The molecule has 2 N–H and O–H groups in total. The SMILES string of the molecule is O=S(=O)(c1ccc2c(c1)CCC2)N1CC[NH+](C[C@@H](O)COC[C@@H]2CCCO2)CC1. The van der Waals surface area contributed by atoms with Crippen LogP contribution in [-0.2, 0) is 32.3 Å². The first-order valence-corrected chi connectivity index (χ1v) is 12.3. The minimum atomic E-state index is -3.44. The second-order valence-corrected chi connectivity index (χ2v) is 10.4. The molecule has 8 heteroatoms. The molecule has 29 heavy (non-hydrogen) atoms. The Morgan fingerprint density at radius 1 is 1.21 bits per heavy atom. The van der Waals surface area contributed by atoms with E-state index in [2.05, 4.69) is 0 Å². The van der Waals surface area contributed by atoms with Crippen molar-refractivity contribution in [1.29, 1.82) is 0 Å². The molecular weight excluding hydrogens is 392 g/mol. The number of aliphatic hydroxyl groups excluding tert-OH is 1. The van der Waals surface area contributed by atoms with Crippen LogP contribution in [0, 0.1) is 0 Å². The summed E-state index contributed by atoms with van der Waals surface area (Å²) in [5.74, 6) is 0. The second kappa shape index (κ2) is 9.41. The Hall–Kier alpha value is -1.03. The number of aryl methyl sites for hydroxylation is 2. The summed E-state index contributed by atoms with van der Waals surface area (Å²) < 4.78 is 38.7. The molecule has 0 radical (unpaired) electrons. The molecule has 2 aliphatic heterocycles. The van der Waals surface area contributed by atoms with Crippen molar-refractivity contribution >= 4 is 10.0 Å². The topological polar surface area (TPSA) is 80.5 Å². The molecule has 0 spiro atoms. The van der Waals surface area contributed by atoms with Gasteiger partial charge < -0.3 is 19.5 Å². The normalized spacial score (nSPS) is 24.7. The van der Waals surface area contributed by atoms with Crippen LogP contribution in [0.5, 0.6) is 0 Å². The lowest BCUT2D eigenvalue weighted by atomic mass is 10.1. The molecule has 0 unspecified atom stereocenters. The van der Waals surface area contributed by atoms with Gasteiger partial charge in [-0.25, -0.2) is 8.42 Å². The predicted molar refractivity (Wildman–Crippen MR) is 109 cm³/mol. The molecule has 1 aromatic rings. The Morgan fingerprint density at radius 2 is 2.00 bits per heavy atom. The third kappa shape index (κ3) is 5.18. The van der Waals surface area contributed by atoms with E-state index in [0.717, 1.165) is 38.7 Å². The molecule has 7 nitrogen and oxygen atoms in total. The number of hydrogen-bond acceptors (Lipinski definition) is 5. The van der Waals surface area contributed by atoms with Crippen LogP contribution in [0.15, 0.2) is 23.1 Å². The second-order valence-electron chi connectivity index (χ2n) is 8.47. The summed E-state index contributed by atoms with van der Waals surface area (Å²) in [7, 11) is -3.44. The van der Waals surface area contributed by atoms with Crippen LogP contribution in [0.4, 0.5) is 0 Å². The summed E-state index contributed by atoms with van der Waals surface area (Å²) in [6, 6.07) is 5.60. The van der Waals surface area contributed by atoms with E-state index in [1.54, 1.807) is 10.4 Å². The molecule has 162 valence electrons. The molecule has 2 atom stereocenters. The van der Waals surface area contributed by atoms with Gasteiger partial charge in [0.05, 0.1) is 50.4 Å². The van der Waals surface area contributed by atoms with Crippen LogP contribution >= 0.6 is 0 Å². The highest BCUT2D eigenvalue weighted by Crippen LogP contribution is 2.26. The number of ether oxygens (including phenoxy) is 2. The lowest BCUT2D eigenvalue weighted by molar-refractivity contribution is -0.906. The van der Waals surface area contributed by atoms with Crippen molar-refractivity contribution in [2.45, 2.75) is 49.2 Å². The molecule has 3 aliphatic rings. The molecule has 4 rings (SSSR count). The monoisotopic (exact) mass is 425 g/mol. The summed E-state index contributed by atoms with van der Waals surface area (Å²) in [5, 5.41) is 10.3. The number of fused-ring (bicyclic) bond motifs is 1. The molecule has 2 fully saturated rings. The average Bonchev–Trinajstić information content (AvgIpc) is 3.39. The van der Waals surface area contributed by atoms with Gasteiger partial charge in [-0.2, -0.15) is 4.31 Å². The van der Waals surface area contributed by atoms with E-state index in [9.17, 15) is 13.5 Å². The molecule has 0 saturated carbocycles. The maximum absolute atomic E-state index is 13.0. The number of hydrogen-bond donors (Lipinski definition) is 2. The molecule has 1 aromatic carbocycles. The van der Waals surface area contributed by atoms with E-state index in [1.807, 2.05) is 12.1 Å². The standard InChI is InChI=1S/C21H32N2O5S/c24-19(15-27-16-20-5-2-12-28-20)14-22-8-10-23(11-9-22)29(25,26)21-7-6-17-3-1-4-18(17)13-21/h6-7,13,19-20,24H,1-5,8-12,14-16H2/p+1/t19-,20+/m1/s1. The largest absolute Gasteiger partial charge is 0.385 e. The minimum absolute atomic E-state index is 0.169. The molecule has 0 amide bonds. The fraction of sp³-hybridized carbons (Fsp3) is 0.714. The van der Waals surface area contributed by atoms with Crippen LogP contribution in [0.3, 0.4) is 0 Å². The number of nitrogens with zero attached hydrogens (tertiary/aromatic N) is 1. The molecule has 2 saturated heterocycles. The fourth-order valence-corrected chi connectivity index (χ4v) is 6.10. The third-order valence-electron chi connectivity index (χ3n) is 6.30. The third-order valence-corrected chi connectivity index (χ3v) is 8.19. The Kier molecular flexibility index (Phi) is 6.88. The van der Waals surface area contributed by atoms with Crippen LogP contribution in [0.1, 0.15) is 30.4 Å². The molecular formula is C21H33N2O5S+. The number of nitrogens with one attached hydrogen (secondary N) is 1. The number of benzene rings is 1. The number of piperazine rings is 1. The predicted octanol–water partition coefficient (Wildman–Crippen LogP) is -0.379. The molecule has 1 aliphatic carbocycles. The van der Waals surface area contributed by atoms with E-state index < -0.39 is 16.1 Å².